The molecule has 0 saturated heterocycles. The summed E-state index contributed by atoms with van der Waals surface area (Å²) in [6, 6.07) is 8.54. The van der Waals surface area contributed by atoms with Crippen LogP contribution in [0.25, 0.3) is 0 Å². The molecule has 1 amide bonds. The predicted octanol–water partition coefficient (Wildman–Crippen LogP) is -0.384. The average Bonchev–Trinajstić information content (AvgIpc) is 2.18. The molecule has 0 aliphatic rings. The zero-order chi connectivity index (χ0) is 12.6. The van der Waals surface area contributed by atoms with Gasteiger partial charge in [-0.2, -0.15) is 0 Å². The van der Waals surface area contributed by atoms with Crippen molar-refractivity contribution in [3.8, 4) is 0 Å². The first kappa shape index (κ1) is 18.3. The van der Waals surface area contributed by atoms with Crippen LogP contribution in [0.5, 0.6) is 0 Å². The number of carboxylic acid groups (broad SMARTS) is 2. The molecule has 17 heavy (non-hydrogen) atoms. The molecule has 0 unspecified atom stereocenters. The molecule has 0 fully saturated rings. The third kappa shape index (κ3) is 11.2. The molecule has 0 radical (unpaired) electrons. The van der Waals surface area contributed by atoms with Crippen molar-refractivity contribution in [3.05, 3.63) is 35.9 Å². The minimum absolute atomic E-state index is 0. The molecule has 0 heterocycles. The van der Waals surface area contributed by atoms with Gasteiger partial charge in [0.25, 0.3) is 0 Å². The van der Waals surface area contributed by atoms with Crippen molar-refractivity contribution in [2.75, 3.05) is 0 Å². The normalized spacial score (nSPS) is 10.2. The molecular weight excluding hydrogens is 235 g/mol. The molecule has 6 N–H and O–H groups in total. The van der Waals surface area contributed by atoms with Gasteiger partial charge in [-0.1, -0.05) is 30.3 Å². The summed E-state index contributed by atoms with van der Waals surface area (Å²) in [6.07, 6.45) is -0.948. The molecule has 0 saturated carbocycles. The molecule has 6 nitrogen and oxygen atoms in total. The maximum atomic E-state index is 10.4. The van der Waals surface area contributed by atoms with Crippen molar-refractivity contribution in [3.63, 3.8) is 0 Å². The Balaban J connectivity index is 0. The fourth-order valence-electron chi connectivity index (χ4n) is 0.955. The molecule has 7 heteroatoms. The average molecular weight is 250 g/mol. The van der Waals surface area contributed by atoms with Gasteiger partial charge in [-0.15, -0.1) is 0 Å². The first-order valence-corrected chi connectivity index (χ1v) is 4.44. The standard InChI is InChI=1S/C9H11NO2.CH3NO2.Na.H/c10-8(9(11)12)6-7-4-2-1-3-5-7;2-1(3)4;;/h1-5,8H,6,10H2,(H,11,12);2H2,(H,3,4);;/t8-;;;/m0.../s1. The van der Waals surface area contributed by atoms with Crippen LogP contribution in [0.1, 0.15) is 5.56 Å². The van der Waals surface area contributed by atoms with Crippen LogP contribution in [0.3, 0.4) is 0 Å². The third-order valence-electron chi connectivity index (χ3n) is 1.62. The van der Waals surface area contributed by atoms with Gasteiger partial charge in [0.05, 0.1) is 0 Å². The Morgan fingerprint density at radius 1 is 1.18 bits per heavy atom. The van der Waals surface area contributed by atoms with Gasteiger partial charge in [-0.3, -0.25) is 4.79 Å². The van der Waals surface area contributed by atoms with Crippen LogP contribution < -0.4 is 11.5 Å². The number of hydrogen-bond acceptors (Lipinski definition) is 3. The van der Waals surface area contributed by atoms with E-state index in [1.807, 2.05) is 30.3 Å². The Hall–Kier alpha value is -1.08. The second kappa shape index (κ2) is 10.1. The molecule has 90 valence electrons. The second-order valence-electron chi connectivity index (χ2n) is 2.97. The van der Waals surface area contributed by atoms with Crippen molar-refractivity contribution >= 4 is 41.6 Å². The number of aliphatic carboxylic acids is 1. The monoisotopic (exact) mass is 250 g/mol. The topological polar surface area (TPSA) is 127 Å². The van der Waals surface area contributed by atoms with E-state index in [1.165, 1.54) is 0 Å². The summed E-state index contributed by atoms with van der Waals surface area (Å²) in [5, 5.41) is 15.7. The number of benzene rings is 1. The van der Waals surface area contributed by atoms with E-state index in [-0.39, 0.29) is 29.6 Å². The zero-order valence-electron chi connectivity index (χ0n) is 8.54. The molecule has 1 aromatic carbocycles. The van der Waals surface area contributed by atoms with E-state index in [0.29, 0.717) is 6.42 Å². The number of carboxylic acids is 1. The molecule has 1 rings (SSSR count). The second-order valence-corrected chi connectivity index (χ2v) is 2.97. The molecule has 0 aliphatic heterocycles. The molecule has 0 aromatic heterocycles. The van der Waals surface area contributed by atoms with E-state index in [9.17, 15) is 4.79 Å². The number of rotatable bonds is 3. The van der Waals surface area contributed by atoms with Crippen molar-refractivity contribution in [2.24, 2.45) is 11.5 Å². The Bertz CT molecular complexity index is 341. The Kier molecular flexibility index (Phi) is 10.9. The molecule has 0 bridgehead atoms. The SMILES string of the molecule is NC(=O)O.N[C@@H](Cc1ccccc1)C(=O)O.[NaH]. The Morgan fingerprint density at radius 2 is 1.59 bits per heavy atom. The van der Waals surface area contributed by atoms with Gasteiger partial charge < -0.3 is 21.7 Å². The van der Waals surface area contributed by atoms with Gasteiger partial charge in [0, 0.05) is 0 Å². The van der Waals surface area contributed by atoms with Crippen LogP contribution in [-0.4, -0.2) is 57.9 Å². The van der Waals surface area contributed by atoms with Crippen LogP contribution in [0.4, 0.5) is 4.79 Å². The molecule has 0 spiro atoms. The van der Waals surface area contributed by atoms with E-state index in [2.05, 4.69) is 5.73 Å². The quantitative estimate of drug-likeness (QED) is 0.544. The summed E-state index contributed by atoms with van der Waals surface area (Å²) < 4.78 is 0. The number of hydrogen-bond donors (Lipinski definition) is 4. The third-order valence-corrected chi connectivity index (χ3v) is 1.62. The Morgan fingerprint density at radius 3 is 1.94 bits per heavy atom. The fourth-order valence-corrected chi connectivity index (χ4v) is 0.955. The first-order chi connectivity index (χ1) is 7.43. The minimum atomic E-state index is -1.33. The summed E-state index contributed by atoms with van der Waals surface area (Å²) in [6.45, 7) is 0. The van der Waals surface area contributed by atoms with Gasteiger partial charge >= 0.3 is 41.6 Å². The molecule has 0 aliphatic carbocycles. The van der Waals surface area contributed by atoms with Crippen LogP contribution in [-0.2, 0) is 11.2 Å². The number of primary amides is 1. The number of amides is 1. The Labute approximate surface area is 121 Å². The van der Waals surface area contributed by atoms with E-state index >= 15 is 0 Å². The zero-order valence-corrected chi connectivity index (χ0v) is 8.54. The van der Waals surface area contributed by atoms with Crippen molar-refractivity contribution in [1.82, 2.24) is 0 Å². The summed E-state index contributed by atoms with van der Waals surface area (Å²) in [7, 11) is 0. The van der Waals surface area contributed by atoms with Crippen molar-refractivity contribution in [2.45, 2.75) is 12.5 Å². The summed E-state index contributed by atoms with van der Waals surface area (Å²) in [5.41, 5.74) is 10.3. The number of nitrogens with two attached hydrogens (primary N) is 2. The van der Waals surface area contributed by atoms with Gasteiger partial charge in [0.2, 0.25) is 0 Å². The van der Waals surface area contributed by atoms with E-state index < -0.39 is 18.1 Å². The van der Waals surface area contributed by atoms with Gasteiger partial charge in [-0.25, -0.2) is 4.79 Å². The van der Waals surface area contributed by atoms with Gasteiger partial charge in [0.1, 0.15) is 6.04 Å². The van der Waals surface area contributed by atoms with E-state index in [4.69, 9.17) is 20.7 Å². The number of carbonyl (C=O) groups is 2. The maximum absolute atomic E-state index is 10.4. The summed E-state index contributed by atoms with van der Waals surface area (Å²) in [4.78, 5) is 19.2. The van der Waals surface area contributed by atoms with Crippen molar-refractivity contribution in [1.29, 1.82) is 0 Å². The molecular formula is C10H15N2NaO4. The van der Waals surface area contributed by atoms with Crippen LogP contribution in [0.2, 0.25) is 0 Å². The molecule has 1 atom stereocenters. The van der Waals surface area contributed by atoms with E-state index in [0.717, 1.165) is 5.56 Å². The van der Waals surface area contributed by atoms with Crippen molar-refractivity contribution < 1.29 is 19.8 Å². The van der Waals surface area contributed by atoms with Gasteiger partial charge in [-0.05, 0) is 12.0 Å². The summed E-state index contributed by atoms with van der Waals surface area (Å²) >= 11 is 0. The fraction of sp³-hybridized carbons (Fsp3) is 0.200. The van der Waals surface area contributed by atoms with Crippen LogP contribution in [0, 0.1) is 0 Å². The summed E-state index contributed by atoms with van der Waals surface area (Å²) in [5.74, 6) is -0.959. The first-order valence-electron chi connectivity index (χ1n) is 4.44. The predicted molar refractivity (Wildman–Crippen MR) is 65.1 cm³/mol. The van der Waals surface area contributed by atoms with Crippen LogP contribution >= 0.6 is 0 Å². The molecule has 1 aromatic rings. The van der Waals surface area contributed by atoms with Crippen LogP contribution in [0.15, 0.2) is 30.3 Å². The van der Waals surface area contributed by atoms with E-state index in [1.54, 1.807) is 0 Å². The van der Waals surface area contributed by atoms with Gasteiger partial charge in [0.15, 0.2) is 0 Å².